The molecule has 0 saturated carbocycles. The summed E-state index contributed by atoms with van der Waals surface area (Å²) >= 11 is 0. The smallest absolute Gasteiger partial charge is 0.323 e. The van der Waals surface area contributed by atoms with Crippen LogP contribution >= 0.6 is 0 Å². The van der Waals surface area contributed by atoms with E-state index in [2.05, 4.69) is 10.2 Å². The van der Waals surface area contributed by atoms with Gasteiger partial charge in [0.25, 0.3) is 0 Å². The van der Waals surface area contributed by atoms with Crippen molar-refractivity contribution in [3.63, 3.8) is 0 Å². The lowest BCUT2D eigenvalue weighted by molar-refractivity contribution is -0.144. The van der Waals surface area contributed by atoms with E-state index in [1.54, 1.807) is 14.0 Å². The van der Waals surface area contributed by atoms with Crippen molar-refractivity contribution in [1.82, 2.24) is 10.2 Å². The molecule has 5 heteroatoms. The quantitative estimate of drug-likeness (QED) is 0.698. The summed E-state index contributed by atoms with van der Waals surface area (Å²) < 4.78 is 5.40. The van der Waals surface area contributed by atoms with Crippen LogP contribution in [0.5, 0.6) is 0 Å². The van der Waals surface area contributed by atoms with Gasteiger partial charge < -0.3 is 20.1 Å². The Kier molecular flexibility index (Phi) is 6.75. The molecule has 0 aromatic heterocycles. The monoisotopic (exact) mass is 272 g/mol. The Morgan fingerprint density at radius 3 is 2.89 bits per heavy atom. The summed E-state index contributed by atoms with van der Waals surface area (Å²) in [6.07, 6.45) is 4.20. The van der Waals surface area contributed by atoms with Gasteiger partial charge in [0, 0.05) is 13.7 Å². The van der Waals surface area contributed by atoms with Crippen molar-refractivity contribution in [1.29, 1.82) is 0 Å². The van der Waals surface area contributed by atoms with E-state index in [-0.39, 0.29) is 0 Å². The number of piperidine rings is 1. The molecule has 0 spiro atoms. The molecule has 19 heavy (non-hydrogen) atoms. The van der Waals surface area contributed by atoms with Crippen LogP contribution in [-0.2, 0) is 9.53 Å². The third-order valence-corrected chi connectivity index (χ3v) is 3.99. The van der Waals surface area contributed by atoms with Crippen molar-refractivity contribution in [2.75, 3.05) is 33.3 Å². The summed E-state index contributed by atoms with van der Waals surface area (Å²) in [6, 6.07) is 0. The number of nitrogens with one attached hydrogen (secondary N) is 1. The lowest BCUT2D eigenvalue weighted by Gasteiger charge is -2.33. The molecule has 1 aliphatic heterocycles. The number of methoxy groups -OCH3 is 1. The fourth-order valence-corrected chi connectivity index (χ4v) is 2.73. The zero-order chi connectivity index (χ0) is 14.3. The molecular formula is C14H28N2O3. The summed E-state index contributed by atoms with van der Waals surface area (Å²) in [5.41, 5.74) is -0.800. The summed E-state index contributed by atoms with van der Waals surface area (Å²) in [5, 5.41) is 12.4. The number of rotatable bonds is 8. The van der Waals surface area contributed by atoms with Crippen molar-refractivity contribution in [3.8, 4) is 0 Å². The Balaban J connectivity index is 2.33. The molecule has 1 aliphatic rings. The Morgan fingerprint density at radius 1 is 1.58 bits per heavy atom. The van der Waals surface area contributed by atoms with Crippen LogP contribution < -0.4 is 5.32 Å². The second-order valence-electron chi connectivity index (χ2n) is 5.57. The van der Waals surface area contributed by atoms with E-state index in [1.165, 1.54) is 6.42 Å². The zero-order valence-electron chi connectivity index (χ0n) is 12.4. The average molecular weight is 272 g/mol. The van der Waals surface area contributed by atoms with Crippen molar-refractivity contribution in [3.05, 3.63) is 0 Å². The van der Waals surface area contributed by atoms with Gasteiger partial charge in [-0.2, -0.15) is 0 Å². The number of likely N-dealkylation sites (N-methyl/N-ethyl adjacent to an activating group) is 1. The van der Waals surface area contributed by atoms with E-state index in [4.69, 9.17) is 4.74 Å². The van der Waals surface area contributed by atoms with Gasteiger partial charge in [0.05, 0.1) is 6.10 Å². The van der Waals surface area contributed by atoms with Gasteiger partial charge in [0.2, 0.25) is 0 Å². The molecule has 2 unspecified atom stereocenters. The van der Waals surface area contributed by atoms with E-state index in [1.807, 2.05) is 6.92 Å². The lowest BCUT2D eigenvalue weighted by atomic mass is 9.95. The van der Waals surface area contributed by atoms with Gasteiger partial charge in [-0.25, -0.2) is 0 Å². The second kappa shape index (κ2) is 7.82. The highest BCUT2D eigenvalue weighted by molar-refractivity contribution is 5.78. The largest absolute Gasteiger partial charge is 0.480 e. The van der Waals surface area contributed by atoms with Gasteiger partial charge in [-0.1, -0.05) is 6.92 Å². The number of carboxylic acid groups (broad SMARTS) is 1. The number of nitrogens with zero attached hydrogens (tertiary/aromatic N) is 1. The lowest BCUT2D eigenvalue weighted by Crippen LogP contribution is -2.50. The number of likely N-dealkylation sites (tertiary alicyclic amines) is 1. The number of carbonyl (C=O) groups is 1. The normalized spacial score (nSPS) is 24.1. The number of aliphatic carboxylic acids is 1. The fraction of sp³-hybridized carbons (Fsp3) is 0.929. The second-order valence-corrected chi connectivity index (χ2v) is 5.57. The molecule has 5 nitrogen and oxygen atoms in total. The van der Waals surface area contributed by atoms with E-state index in [0.29, 0.717) is 19.1 Å². The Hall–Kier alpha value is -0.650. The number of hydrogen-bond donors (Lipinski definition) is 2. The predicted molar refractivity (Wildman–Crippen MR) is 75.4 cm³/mol. The van der Waals surface area contributed by atoms with Crippen molar-refractivity contribution < 1.29 is 14.6 Å². The highest BCUT2D eigenvalue weighted by Crippen LogP contribution is 2.16. The average Bonchev–Trinajstić information content (AvgIpc) is 2.39. The van der Waals surface area contributed by atoms with Gasteiger partial charge in [-0.05, 0) is 52.2 Å². The first kappa shape index (κ1) is 16.4. The third kappa shape index (κ3) is 5.09. The highest BCUT2D eigenvalue weighted by Gasteiger charge is 2.31. The summed E-state index contributed by atoms with van der Waals surface area (Å²) in [6.45, 7) is 7.42. The molecule has 0 radical (unpaired) electrons. The van der Waals surface area contributed by atoms with Gasteiger partial charge in [-0.3, -0.25) is 4.79 Å². The molecule has 0 bridgehead atoms. The molecule has 0 amide bonds. The first-order valence-corrected chi connectivity index (χ1v) is 7.25. The van der Waals surface area contributed by atoms with Crippen molar-refractivity contribution >= 4 is 5.97 Å². The summed E-state index contributed by atoms with van der Waals surface area (Å²) in [4.78, 5) is 13.7. The summed E-state index contributed by atoms with van der Waals surface area (Å²) in [5.74, 6) is -0.761. The Labute approximate surface area is 116 Å². The standard InChI is InChI=1S/C14H28N2O3/c1-4-15-14(2,13(17)18)8-6-10-16-9-5-7-12(11-16)19-3/h12,15H,4-11H2,1-3H3,(H,17,18). The summed E-state index contributed by atoms with van der Waals surface area (Å²) in [7, 11) is 1.76. The molecule has 1 saturated heterocycles. The number of carboxylic acids is 1. The topological polar surface area (TPSA) is 61.8 Å². The number of hydrogen-bond acceptors (Lipinski definition) is 4. The molecule has 1 fully saturated rings. The highest BCUT2D eigenvalue weighted by atomic mass is 16.5. The van der Waals surface area contributed by atoms with Crippen molar-refractivity contribution in [2.24, 2.45) is 0 Å². The van der Waals surface area contributed by atoms with Gasteiger partial charge in [-0.15, -0.1) is 0 Å². The van der Waals surface area contributed by atoms with Crippen LogP contribution in [0, 0.1) is 0 Å². The van der Waals surface area contributed by atoms with Crippen LogP contribution in [0.15, 0.2) is 0 Å². The van der Waals surface area contributed by atoms with E-state index < -0.39 is 11.5 Å². The van der Waals surface area contributed by atoms with Crippen LogP contribution in [0.3, 0.4) is 0 Å². The van der Waals surface area contributed by atoms with Gasteiger partial charge in [0.15, 0.2) is 0 Å². The third-order valence-electron chi connectivity index (χ3n) is 3.99. The molecule has 0 aliphatic carbocycles. The zero-order valence-corrected chi connectivity index (χ0v) is 12.4. The minimum atomic E-state index is -0.800. The number of ether oxygens (including phenoxy) is 1. The molecule has 2 atom stereocenters. The van der Waals surface area contributed by atoms with Crippen LogP contribution in [0.2, 0.25) is 0 Å². The molecular weight excluding hydrogens is 244 g/mol. The maximum Gasteiger partial charge on any atom is 0.323 e. The SMILES string of the molecule is CCNC(C)(CCCN1CCCC(OC)C1)C(=O)O. The first-order chi connectivity index (χ1) is 9.01. The van der Waals surface area contributed by atoms with Crippen LogP contribution in [-0.4, -0.2) is 60.9 Å². The maximum absolute atomic E-state index is 11.3. The van der Waals surface area contributed by atoms with Crippen LogP contribution in [0.25, 0.3) is 0 Å². The molecule has 1 rings (SSSR count). The Bertz CT molecular complexity index is 286. The van der Waals surface area contributed by atoms with Gasteiger partial charge >= 0.3 is 5.97 Å². The van der Waals surface area contributed by atoms with E-state index in [0.717, 1.165) is 32.5 Å². The van der Waals surface area contributed by atoms with E-state index >= 15 is 0 Å². The van der Waals surface area contributed by atoms with Crippen LogP contribution in [0.4, 0.5) is 0 Å². The molecule has 1 heterocycles. The predicted octanol–water partition coefficient (Wildman–Crippen LogP) is 1.33. The van der Waals surface area contributed by atoms with Gasteiger partial charge in [0.1, 0.15) is 5.54 Å². The van der Waals surface area contributed by atoms with E-state index in [9.17, 15) is 9.90 Å². The molecule has 112 valence electrons. The van der Waals surface area contributed by atoms with Crippen LogP contribution in [0.1, 0.15) is 39.5 Å². The molecule has 2 N–H and O–H groups in total. The fourth-order valence-electron chi connectivity index (χ4n) is 2.73. The molecule has 0 aromatic rings. The van der Waals surface area contributed by atoms with Crippen molar-refractivity contribution in [2.45, 2.75) is 51.2 Å². The maximum atomic E-state index is 11.3. The first-order valence-electron chi connectivity index (χ1n) is 7.25. The Morgan fingerprint density at radius 2 is 2.32 bits per heavy atom. The molecule has 0 aromatic carbocycles. The minimum Gasteiger partial charge on any atom is -0.480 e. The minimum absolute atomic E-state index is 0.341.